The number of rotatable bonds is 8. The molecule has 0 saturated heterocycles. The molecule has 9 heteroatoms. The molecule has 7 nitrogen and oxygen atoms in total. The first-order valence-electron chi connectivity index (χ1n) is 9.66. The highest BCUT2D eigenvalue weighted by Gasteiger charge is 2.16. The number of nitrogens with one attached hydrogen (secondary N) is 1. The molecule has 0 saturated carbocycles. The molecule has 0 aliphatic carbocycles. The second-order valence-corrected chi connectivity index (χ2v) is 6.51. The lowest BCUT2D eigenvalue weighted by atomic mass is 10.2. The lowest BCUT2D eigenvalue weighted by molar-refractivity contribution is -0.130. The summed E-state index contributed by atoms with van der Waals surface area (Å²) in [4.78, 5) is 26.2. The van der Waals surface area contributed by atoms with Gasteiger partial charge in [-0.05, 0) is 31.2 Å². The lowest BCUT2D eigenvalue weighted by Gasteiger charge is -2.20. The number of amides is 2. The summed E-state index contributed by atoms with van der Waals surface area (Å²) < 4.78 is 40.4. The molecule has 1 N–H and O–H groups in total. The van der Waals surface area contributed by atoms with Crippen molar-refractivity contribution >= 4 is 23.6 Å². The molecule has 164 valence electrons. The fourth-order valence-electron chi connectivity index (χ4n) is 2.93. The summed E-state index contributed by atoms with van der Waals surface area (Å²) in [6.07, 6.45) is 2.59. The van der Waals surface area contributed by atoms with Crippen LogP contribution in [0.4, 0.5) is 14.5 Å². The molecule has 2 aromatic carbocycles. The number of likely N-dealkylation sites (N-methyl/N-ethyl adjacent to an activating group) is 1. The van der Waals surface area contributed by atoms with Crippen LogP contribution in [0, 0.1) is 0 Å². The number of benzene rings is 2. The van der Waals surface area contributed by atoms with E-state index in [0.29, 0.717) is 36.0 Å². The van der Waals surface area contributed by atoms with Gasteiger partial charge in [0.1, 0.15) is 25.5 Å². The molecular weight excluding hydrogens is 410 g/mol. The van der Waals surface area contributed by atoms with Gasteiger partial charge >= 0.3 is 6.61 Å². The van der Waals surface area contributed by atoms with Crippen LogP contribution in [0.2, 0.25) is 0 Å². The highest BCUT2D eigenvalue weighted by Crippen LogP contribution is 2.32. The van der Waals surface area contributed by atoms with Crippen LogP contribution in [0.3, 0.4) is 0 Å². The first-order valence-corrected chi connectivity index (χ1v) is 9.66. The number of nitrogens with zero attached hydrogens (tertiary/aromatic N) is 1. The van der Waals surface area contributed by atoms with Crippen LogP contribution in [0.1, 0.15) is 12.5 Å². The normalized spacial score (nSPS) is 12.6. The van der Waals surface area contributed by atoms with Crippen molar-refractivity contribution in [1.29, 1.82) is 0 Å². The molecule has 0 bridgehead atoms. The van der Waals surface area contributed by atoms with E-state index in [4.69, 9.17) is 9.47 Å². The summed E-state index contributed by atoms with van der Waals surface area (Å²) in [5, 5.41) is 2.72. The predicted octanol–water partition coefficient (Wildman–Crippen LogP) is 3.56. The molecule has 0 spiro atoms. The number of carbonyl (C=O) groups excluding carboxylic acids is 2. The van der Waals surface area contributed by atoms with E-state index in [-0.39, 0.29) is 24.7 Å². The number of hydrogen-bond donors (Lipinski definition) is 1. The average Bonchev–Trinajstić information content (AvgIpc) is 2.76. The zero-order valence-corrected chi connectivity index (χ0v) is 16.8. The Labute approximate surface area is 178 Å². The molecule has 0 aromatic heterocycles. The number of para-hydroxylation sites is 1. The van der Waals surface area contributed by atoms with Crippen molar-refractivity contribution in [3.8, 4) is 17.2 Å². The predicted molar refractivity (Wildman–Crippen MR) is 110 cm³/mol. The maximum Gasteiger partial charge on any atom is 0.387 e. The van der Waals surface area contributed by atoms with Crippen LogP contribution in [-0.4, -0.2) is 49.6 Å². The third-order valence-electron chi connectivity index (χ3n) is 4.39. The average molecular weight is 432 g/mol. The molecule has 1 heterocycles. The van der Waals surface area contributed by atoms with Crippen molar-refractivity contribution < 1.29 is 32.6 Å². The van der Waals surface area contributed by atoms with E-state index < -0.39 is 12.5 Å². The van der Waals surface area contributed by atoms with E-state index in [1.165, 1.54) is 23.1 Å². The molecular formula is C22H22F2N2O5. The molecule has 3 rings (SSSR count). The fourth-order valence-corrected chi connectivity index (χ4v) is 2.93. The summed E-state index contributed by atoms with van der Waals surface area (Å²) in [6.45, 7) is -0.229. The number of halogens is 2. The molecule has 0 fully saturated rings. The van der Waals surface area contributed by atoms with Crippen LogP contribution in [0.25, 0.3) is 6.08 Å². The van der Waals surface area contributed by atoms with Gasteiger partial charge in [-0.1, -0.05) is 18.2 Å². The Hall–Kier alpha value is -3.62. The number of alkyl halides is 2. The van der Waals surface area contributed by atoms with Crippen molar-refractivity contribution in [2.24, 2.45) is 0 Å². The van der Waals surface area contributed by atoms with Gasteiger partial charge in [0.2, 0.25) is 11.8 Å². The van der Waals surface area contributed by atoms with Crippen molar-refractivity contribution in [2.45, 2.75) is 13.5 Å². The van der Waals surface area contributed by atoms with Crippen LogP contribution in [0.5, 0.6) is 17.2 Å². The molecule has 0 radical (unpaired) electrons. The summed E-state index contributed by atoms with van der Waals surface area (Å²) >= 11 is 0. The Bertz CT molecular complexity index is 965. The van der Waals surface area contributed by atoms with Gasteiger partial charge < -0.3 is 24.4 Å². The monoisotopic (exact) mass is 432 g/mol. The largest absolute Gasteiger partial charge is 0.486 e. The van der Waals surface area contributed by atoms with Gasteiger partial charge in [-0.25, -0.2) is 0 Å². The Morgan fingerprint density at radius 1 is 1.16 bits per heavy atom. The van der Waals surface area contributed by atoms with Gasteiger partial charge in [0.05, 0.1) is 0 Å². The zero-order valence-electron chi connectivity index (χ0n) is 16.8. The quantitative estimate of drug-likeness (QED) is 0.646. The van der Waals surface area contributed by atoms with Crippen molar-refractivity contribution in [2.75, 3.05) is 31.6 Å². The number of carbonyl (C=O) groups is 2. The Morgan fingerprint density at radius 3 is 2.65 bits per heavy atom. The van der Waals surface area contributed by atoms with Gasteiger partial charge in [-0.2, -0.15) is 8.78 Å². The molecule has 2 amide bonds. The molecule has 0 atom stereocenters. The fraction of sp³-hybridized carbons (Fsp3) is 0.273. The minimum Gasteiger partial charge on any atom is -0.486 e. The Kier molecular flexibility index (Phi) is 7.42. The SMILES string of the molecule is CCN(CC(=O)Nc1ccc2c(c1)OCCO2)C(=O)/C=C/c1ccccc1OC(F)F. The number of ether oxygens (including phenoxy) is 3. The number of anilines is 1. The molecule has 31 heavy (non-hydrogen) atoms. The highest BCUT2D eigenvalue weighted by atomic mass is 19.3. The minimum absolute atomic E-state index is 0.0408. The molecule has 1 aliphatic rings. The summed E-state index contributed by atoms with van der Waals surface area (Å²) in [5.41, 5.74) is 0.847. The van der Waals surface area contributed by atoms with E-state index in [1.807, 2.05) is 0 Å². The number of fused-ring (bicyclic) bond motifs is 1. The zero-order chi connectivity index (χ0) is 22.2. The molecule has 0 unspecified atom stereocenters. The highest BCUT2D eigenvalue weighted by molar-refractivity contribution is 5.98. The topological polar surface area (TPSA) is 77.1 Å². The maximum absolute atomic E-state index is 12.5. The van der Waals surface area contributed by atoms with Gasteiger partial charge in [0.15, 0.2) is 11.5 Å². The minimum atomic E-state index is -2.97. The maximum atomic E-state index is 12.5. The van der Waals surface area contributed by atoms with Crippen LogP contribution < -0.4 is 19.5 Å². The van der Waals surface area contributed by atoms with Crippen LogP contribution >= 0.6 is 0 Å². The van der Waals surface area contributed by atoms with E-state index in [1.54, 1.807) is 43.3 Å². The van der Waals surface area contributed by atoms with E-state index >= 15 is 0 Å². The van der Waals surface area contributed by atoms with Gasteiger partial charge in [0, 0.05) is 29.9 Å². The second kappa shape index (κ2) is 10.4. The molecule has 1 aliphatic heterocycles. The van der Waals surface area contributed by atoms with E-state index in [9.17, 15) is 18.4 Å². The first-order chi connectivity index (χ1) is 15.0. The third kappa shape index (κ3) is 6.18. The summed E-state index contributed by atoms with van der Waals surface area (Å²) in [5.74, 6) is 0.283. The standard InChI is InChI=1S/C22H22F2N2O5/c1-2-26(21(28)10-7-15-5-3-4-6-17(15)31-22(23)24)14-20(27)25-16-8-9-18-19(13-16)30-12-11-29-18/h3-10,13,22H,2,11-12,14H2,1H3,(H,25,27)/b10-7+. The van der Waals surface area contributed by atoms with Crippen LogP contribution in [-0.2, 0) is 9.59 Å². The van der Waals surface area contributed by atoms with Crippen LogP contribution in [0.15, 0.2) is 48.5 Å². The Morgan fingerprint density at radius 2 is 1.90 bits per heavy atom. The van der Waals surface area contributed by atoms with Crippen molar-refractivity contribution in [3.05, 3.63) is 54.1 Å². The summed E-state index contributed by atoms with van der Waals surface area (Å²) in [7, 11) is 0. The van der Waals surface area contributed by atoms with Gasteiger partial charge in [0.25, 0.3) is 0 Å². The third-order valence-corrected chi connectivity index (χ3v) is 4.39. The van der Waals surface area contributed by atoms with Crippen molar-refractivity contribution in [3.63, 3.8) is 0 Å². The first kappa shape index (κ1) is 22.1. The molecule has 2 aromatic rings. The number of hydrogen-bond acceptors (Lipinski definition) is 5. The van der Waals surface area contributed by atoms with E-state index in [2.05, 4.69) is 10.1 Å². The van der Waals surface area contributed by atoms with Gasteiger partial charge in [-0.3, -0.25) is 9.59 Å². The van der Waals surface area contributed by atoms with Crippen molar-refractivity contribution in [1.82, 2.24) is 4.90 Å². The van der Waals surface area contributed by atoms with E-state index in [0.717, 1.165) is 0 Å². The van der Waals surface area contributed by atoms with Gasteiger partial charge in [-0.15, -0.1) is 0 Å². The second-order valence-electron chi connectivity index (χ2n) is 6.51. The summed E-state index contributed by atoms with van der Waals surface area (Å²) in [6, 6.07) is 11.2. The Balaban J connectivity index is 1.61. The lowest BCUT2D eigenvalue weighted by Crippen LogP contribution is -2.36. The smallest absolute Gasteiger partial charge is 0.387 e.